The lowest BCUT2D eigenvalue weighted by molar-refractivity contribution is 0.0915. The molecule has 0 spiro atoms. The summed E-state index contributed by atoms with van der Waals surface area (Å²) in [7, 11) is 0. The van der Waals surface area contributed by atoms with Gasteiger partial charge in [0.2, 0.25) is 0 Å². The maximum absolute atomic E-state index is 12.5. The first-order chi connectivity index (χ1) is 11.3. The van der Waals surface area contributed by atoms with Crippen molar-refractivity contribution in [1.82, 2.24) is 14.9 Å². The van der Waals surface area contributed by atoms with Crippen LogP contribution in [0.3, 0.4) is 0 Å². The molecule has 1 amide bonds. The zero-order valence-corrected chi connectivity index (χ0v) is 13.3. The molecule has 23 heavy (non-hydrogen) atoms. The molecule has 3 N–H and O–H groups in total. The van der Waals surface area contributed by atoms with E-state index in [1.54, 1.807) is 12.5 Å². The van der Waals surface area contributed by atoms with Gasteiger partial charge >= 0.3 is 0 Å². The van der Waals surface area contributed by atoms with Crippen LogP contribution in [-0.4, -0.2) is 28.0 Å². The minimum atomic E-state index is -0.0387. The third-order valence-corrected chi connectivity index (χ3v) is 4.72. The molecule has 1 heterocycles. The van der Waals surface area contributed by atoms with E-state index in [4.69, 9.17) is 5.73 Å². The molecule has 0 bridgehead atoms. The van der Waals surface area contributed by atoms with E-state index in [0.29, 0.717) is 18.0 Å². The molecular weight excluding hydrogens is 288 g/mol. The SMILES string of the molecule is NCC(NC(=O)c1ccc(-n2ccnc2)cc1)C1CCCCC1. The highest BCUT2D eigenvalue weighted by molar-refractivity contribution is 5.94. The molecule has 1 atom stereocenters. The lowest BCUT2D eigenvalue weighted by Gasteiger charge is -2.30. The maximum atomic E-state index is 12.5. The molecule has 5 heteroatoms. The normalized spacial score (nSPS) is 16.9. The van der Waals surface area contributed by atoms with E-state index in [0.717, 1.165) is 5.69 Å². The van der Waals surface area contributed by atoms with Gasteiger partial charge in [0.15, 0.2) is 0 Å². The highest BCUT2D eigenvalue weighted by Crippen LogP contribution is 2.26. The predicted molar refractivity (Wildman–Crippen MR) is 90.4 cm³/mol. The van der Waals surface area contributed by atoms with Gasteiger partial charge in [0.05, 0.1) is 6.33 Å². The molecule has 1 saturated carbocycles. The number of amides is 1. The molecule has 1 unspecified atom stereocenters. The lowest BCUT2D eigenvalue weighted by atomic mass is 9.84. The number of nitrogens with two attached hydrogens (primary N) is 1. The van der Waals surface area contributed by atoms with Gasteiger partial charge in [-0.1, -0.05) is 19.3 Å². The zero-order chi connectivity index (χ0) is 16.1. The Labute approximate surface area is 136 Å². The Morgan fingerprint density at radius 3 is 2.61 bits per heavy atom. The van der Waals surface area contributed by atoms with Crippen LogP contribution in [0.15, 0.2) is 43.0 Å². The first kappa shape index (κ1) is 15.7. The van der Waals surface area contributed by atoms with Crippen molar-refractivity contribution in [1.29, 1.82) is 0 Å². The summed E-state index contributed by atoms with van der Waals surface area (Å²) in [6.45, 7) is 0.503. The molecule has 1 aliphatic rings. The first-order valence-electron chi connectivity index (χ1n) is 8.37. The van der Waals surface area contributed by atoms with E-state index in [2.05, 4.69) is 10.3 Å². The minimum absolute atomic E-state index is 0.0387. The third kappa shape index (κ3) is 3.79. The van der Waals surface area contributed by atoms with Crippen LogP contribution in [0.1, 0.15) is 42.5 Å². The quantitative estimate of drug-likeness (QED) is 0.891. The van der Waals surface area contributed by atoms with Gasteiger partial charge in [0.25, 0.3) is 5.91 Å². The van der Waals surface area contributed by atoms with Crippen molar-refractivity contribution in [2.45, 2.75) is 38.1 Å². The fourth-order valence-corrected chi connectivity index (χ4v) is 3.35. The number of nitrogens with zero attached hydrogens (tertiary/aromatic N) is 2. The van der Waals surface area contributed by atoms with Gasteiger partial charge in [0, 0.05) is 36.2 Å². The second-order valence-corrected chi connectivity index (χ2v) is 6.23. The Hall–Kier alpha value is -2.14. The summed E-state index contributed by atoms with van der Waals surface area (Å²) in [5.74, 6) is 0.478. The van der Waals surface area contributed by atoms with Gasteiger partial charge in [-0.2, -0.15) is 0 Å². The summed E-state index contributed by atoms with van der Waals surface area (Å²) in [6.07, 6.45) is 11.5. The van der Waals surface area contributed by atoms with Gasteiger partial charge in [-0.3, -0.25) is 4.79 Å². The van der Waals surface area contributed by atoms with Crippen LogP contribution >= 0.6 is 0 Å². The molecule has 1 aromatic carbocycles. The molecule has 2 aromatic rings. The average Bonchev–Trinajstić information content (AvgIpc) is 3.15. The number of rotatable bonds is 5. The number of aromatic nitrogens is 2. The molecule has 1 aromatic heterocycles. The monoisotopic (exact) mass is 312 g/mol. The van der Waals surface area contributed by atoms with Crippen molar-refractivity contribution >= 4 is 5.91 Å². The van der Waals surface area contributed by atoms with E-state index in [1.165, 1.54) is 32.1 Å². The number of hydrogen-bond acceptors (Lipinski definition) is 3. The number of hydrogen-bond donors (Lipinski definition) is 2. The molecule has 1 fully saturated rings. The minimum Gasteiger partial charge on any atom is -0.348 e. The number of imidazole rings is 1. The van der Waals surface area contributed by atoms with Crippen LogP contribution in [0.25, 0.3) is 5.69 Å². The van der Waals surface area contributed by atoms with Gasteiger partial charge in [-0.25, -0.2) is 4.98 Å². The molecular formula is C18H24N4O. The second kappa shape index (κ2) is 7.42. The fourth-order valence-electron chi connectivity index (χ4n) is 3.35. The van der Waals surface area contributed by atoms with Crippen LogP contribution in [0.2, 0.25) is 0 Å². The summed E-state index contributed by atoms with van der Waals surface area (Å²) in [5, 5.41) is 3.12. The zero-order valence-electron chi connectivity index (χ0n) is 13.3. The van der Waals surface area contributed by atoms with Gasteiger partial charge < -0.3 is 15.6 Å². The van der Waals surface area contributed by atoms with Crippen LogP contribution in [0.4, 0.5) is 0 Å². The van der Waals surface area contributed by atoms with Crippen molar-refractivity contribution < 1.29 is 4.79 Å². The number of carbonyl (C=O) groups is 1. The number of carbonyl (C=O) groups excluding carboxylic acids is 1. The predicted octanol–water partition coefficient (Wildman–Crippen LogP) is 2.51. The van der Waals surface area contributed by atoms with E-state index < -0.39 is 0 Å². The van der Waals surface area contributed by atoms with Gasteiger partial charge in [-0.05, 0) is 43.0 Å². The molecule has 0 aliphatic heterocycles. The van der Waals surface area contributed by atoms with E-state index in [9.17, 15) is 4.79 Å². The summed E-state index contributed by atoms with van der Waals surface area (Å²) >= 11 is 0. The maximum Gasteiger partial charge on any atom is 0.251 e. The Balaban J connectivity index is 1.65. The molecule has 3 rings (SSSR count). The molecule has 0 radical (unpaired) electrons. The summed E-state index contributed by atoms with van der Waals surface area (Å²) in [5.41, 5.74) is 7.55. The Morgan fingerprint density at radius 1 is 1.26 bits per heavy atom. The van der Waals surface area contributed by atoms with Crippen molar-refractivity contribution in [2.24, 2.45) is 11.7 Å². The van der Waals surface area contributed by atoms with Crippen molar-refractivity contribution in [2.75, 3.05) is 6.54 Å². The van der Waals surface area contributed by atoms with E-state index in [-0.39, 0.29) is 11.9 Å². The van der Waals surface area contributed by atoms with Crippen molar-refractivity contribution in [3.63, 3.8) is 0 Å². The van der Waals surface area contributed by atoms with Gasteiger partial charge in [-0.15, -0.1) is 0 Å². The smallest absolute Gasteiger partial charge is 0.251 e. The Bertz CT molecular complexity index is 615. The fraction of sp³-hybridized carbons (Fsp3) is 0.444. The van der Waals surface area contributed by atoms with E-state index >= 15 is 0 Å². The van der Waals surface area contributed by atoms with Crippen LogP contribution < -0.4 is 11.1 Å². The summed E-state index contributed by atoms with van der Waals surface area (Å²) in [4.78, 5) is 16.5. The summed E-state index contributed by atoms with van der Waals surface area (Å²) < 4.78 is 1.91. The molecule has 122 valence electrons. The Morgan fingerprint density at radius 2 is 2.00 bits per heavy atom. The van der Waals surface area contributed by atoms with Crippen LogP contribution in [0, 0.1) is 5.92 Å². The largest absolute Gasteiger partial charge is 0.348 e. The summed E-state index contributed by atoms with van der Waals surface area (Å²) in [6, 6.07) is 7.62. The van der Waals surface area contributed by atoms with Crippen molar-refractivity contribution in [3.8, 4) is 5.69 Å². The molecule has 0 saturated heterocycles. The number of benzene rings is 1. The van der Waals surface area contributed by atoms with Crippen LogP contribution in [0.5, 0.6) is 0 Å². The highest BCUT2D eigenvalue weighted by atomic mass is 16.1. The molecule has 1 aliphatic carbocycles. The van der Waals surface area contributed by atoms with Crippen LogP contribution in [-0.2, 0) is 0 Å². The topological polar surface area (TPSA) is 72.9 Å². The van der Waals surface area contributed by atoms with E-state index in [1.807, 2.05) is 35.0 Å². The van der Waals surface area contributed by atoms with Gasteiger partial charge in [0.1, 0.15) is 0 Å². The van der Waals surface area contributed by atoms with Crippen molar-refractivity contribution in [3.05, 3.63) is 48.5 Å². The third-order valence-electron chi connectivity index (χ3n) is 4.72. The number of nitrogens with one attached hydrogen (secondary N) is 1. The first-order valence-corrected chi connectivity index (χ1v) is 8.37. The average molecular weight is 312 g/mol. The second-order valence-electron chi connectivity index (χ2n) is 6.23. The highest BCUT2D eigenvalue weighted by Gasteiger charge is 2.24. The Kier molecular flexibility index (Phi) is 5.08. The molecule has 5 nitrogen and oxygen atoms in total. The standard InChI is InChI=1S/C18H24N4O/c19-12-17(14-4-2-1-3-5-14)21-18(23)15-6-8-16(9-7-15)22-11-10-20-13-22/h6-11,13-14,17H,1-5,12,19H2,(H,21,23). The lowest BCUT2D eigenvalue weighted by Crippen LogP contribution is -2.45.